The molecule has 0 aliphatic rings. The van der Waals surface area contributed by atoms with Crippen LogP contribution in [0.25, 0.3) is 21.5 Å². The number of carbonyl (C=O) groups excluding carboxylic acids is 1. The van der Waals surface area contributed by atoms with E-state index in [0.29, 0.717) is 32.9 Å². The van der Waals surface area contributed by atoms with Crippen molar-refractivity contribution in [3.05, 3.63) is 53.2 Å². The Morgan fingerprint density at radius 2 is 1.88 bits per heavy atom. The number of hydrogen-bond donors (Lipinski definition) is 1. The van der Waals surface area contributed by atoms with Crippen LogP contribution in [0.4, 0.5) is 5.13 Å². The third-order valence-corrected chi connectivity index (χ3v) is 6.69. The summed E-state index contributed by atoms with van der Waals surface area (Å²) in [5.41, 5.74) is 2.47. The van der Waals surface area contributed by atoms with Crippen molar-refractivity contribution < 1.29 is 17.9 Å². The number of ether oxygens (including phenoxy) is 1. The second-order valence-electron chi connectivity index (χ2n) is 6.82. The molecule has 0 spiro atoms. The highest BCUT2D eigenvalue weighted by atomic mass is 35.5. The van der Waals surface area contributed by atoms with Gasteiger partial charge in [0.15, 0.2) is 20.6 Å². The maximum atomic E-state index is 13.1. The van der Waals surface area contributed by atoms with E-state index in [1.54, 1.807) is 19.1 Å². The lowest BCUT2D eigenvalue weighted by Gasteiger charge is -2.13. The van der Waals surface area contributed by atoms with E-state index in [0.717, 1.165) is 17.6 Å². The second kappa shape index (κ2) is 8.41. The van der Waals surface area contributed by atoms with Crippen molar-refractivity contribution in [2.45, 2.75) is 11.8 Å². The number of methoxy groups -OCH3 is 1. The van der Waals surface area contributed by atoms with Crippen LogP contribution in [0.1, 0.15) is 16.1 Å². The number of carbonyl (C=O) groups is 1. The molecule has 32 heavy (non-hydrogen) atoms. The minimum atomic E-state index is -3.41. The van der Waals surface area contributed by atoms with Crippen molar-refractivity contribution in [3.8, 4) is 16.9 Å². The molecule has 0 aromatic carbocycles. The Labute approximate surface area is 192 Å². The van der Waals surface area contributed by atoms with E-state index in [1.165, 1.54) is 31.8 Å². The summed E-state index contributed by atoms with van der Waals surface area (Å²) >= 11 is 7.19. The molecule has 0 fully saturated rings. The number of pyridine rings is 3. The first-order chi connectivity index (χ1) is 15.2. The number of sulfone groups is 1. The number of aryl methyl sites for hydroxylation is 1. The van der Waals surface area contributed by atoms with Crippen molar-refractivity contribution in [2.24, 2.45) is 0 Å². The van der Waals surface area contributed by atoms with Gasteiger partial charge in [-0.2, -0.15) is 4.98 Å². The van der Waals surface area contributed by atoms with Crippen LogP contribution in [0.2, 0.25) is 5.15 Å². The predicted molar refractivity (Wildman–Crippen MR) is 122 cm³/mol. The summed E-state index contributed by atoms with van der Waals surface area (Å²) in [5, 5.41) is 3.26. The van der Waals surface area contributed by atoms with E-state index in [-0.39, 0.29) is 20.7 Å². The number of amides is 1. The molecule has 1 N–H and O–H groups in total. The van der Waals surface area contributed by atoms with E-state index in [9.17, 15) is 13.2 Å². The van der Waals surface area contributed by atoms with Crippen molar-refractivity contribution >= 4 is 54.2 Å². The minimum Gasteiger partial charge on any atom is -0.494 e. The second-order valence-corrected chi connectivity index (χ2v) is 10.3. The van der Waals surface area contributed by atoms with Gasteiger partial charge in [0.2, 0.25) is 0 Å². The smallest absolute Gasteiger partial charge is 0.259 e. The number of halogens is 1. The van der Waals surface area contributed by atoms with Crippen LogP contribution in [0.15, 0.2) is 41.7 Å². The average molecular weight is 490 g/mol. The zero-order valence-corrected chi connectivity index (χ0v) is 19.5. The number of nitrogens with zero attached hydrogens (tertiary/aromatic N) is 4. The zero-order chi connectivity index (χ0) is 23.0. The van der Waals surface area contributed by atoms with Crippen molar-refractivity contribution in [2.75, 3.05) is 18.7 Å². The van der Waals surface area contributed by atoms with Crippen LogP contribution in [0, 0.1) is 6.92 Å². The normalized spacial score (nSPS) is 11.5. The highest BCUT2D eigenvalue weighted by Gasteiger charge is 2.20. The van der Waals surface area contributed by atoms with Crippen molar-refractivity contribution in [3.63, 3.8) is 0 Å². The number of thiazole rings is 1. The fraction of sp³-hybridized carbons (Fsp3) is 0.150. The SMILES string of the molecule is COc1cnc(Cl)cc1-c1cc(C)ncc1C(=O)Nc1nc2ncc(S(C)(=O)=O)cc2s1. The predicted octanol–water partition coefficient (Wildman–Crippen LogP) is 3.77. The fourth-order valence-electron chi connectivity index (χ4n) is 2.98. The number of aromatic nitrogens is 4. The number of rotatable bonds is 5. The van der Waals surface area contributed by atoms with Gasteiger partial charge in [0.25, 0.3) is 5.91 Å². The molecule has 9 nitrogen and oxygen atoms in total. The topological polar surface area (TPSA) is 124 Å². The lowest BCUT2D eigenvalue weighted by atomic mass is 10.0. The highest BCUT2D eigenvalue weighted by molar-refractivity contribution is 7.90. The average Bonchev–Trinajstić information content (AvgIpc) is 3.14. The van der Waals surface area contributed by atoms with E-state index in [2.05, 4.69) is 25.3 Å². The van der Waals surface area contributed by atoms with Gasteiger partial charge in [-0.15, -0.1) is 0 Å². The number of hydrogen-bond acceptors (Lipinski definition) is 9. The Kier molecular flexibility index (Phi) is 5.80. The molecule has 12 heteroatoms. The summed E-state index contributed by atoms with van der Waals surface area (Å²) in [6.45, 7) is 1.80. The first kappa shape index (κ1) is 22.1. The largest absolute Gasteiger partial charge is 0.494 e. The molecular formula is C20H16ClN5O4S2. The first-order valence-corrected chi connectivity index (χ1v) is 12.2. The molecule has 4 aromatic rings. The first-order valence-electron chi connectivity index (χ1n) is 9.10. The van der Waals surface area contributed by atoms with Gasteiger partial charge in [-0.1, -0.05) is 22.9 Å². The van der Waals surface area contributed by atoms with Crippen molar-refractivity contribution in [1.29, 1.82) is 0 Å². The molecule has 0 atom stereocenters. The van der Waals surface area contributed by atoms with Gasteiger partial charge in [-0.3, -0.25) is 15.1 Å². The molecule has 1 amide bonds. The minimum absolute atomic E-state index is 0.0817. The Bertz CT molecular complexity index is 1470. The lowest BCUT2D eigenvalue weighted by molar-refractivity contribution is 0.102. The van der Waals surface area contributed by atoms with E-state index < -0.39 is 15.7 Å². The van der Waals surface area contributed by atoms with E-state index in [1.807, 2.05) is 0 Å². The summed E-state index contributed by atoms with van der Waals surface area (Å²) < 4.78 is 29.5. The molecule has 0 aliphatic carbocycles. The molecule has 0 saturated heterocycles. The highest BCUT2D eigenvalue weighted by Crippen LogP contribution is 2.34. The number of fused-ring (bicyclic) bond motifs is 1. The third-order valence-electron chi connectivity index (χ3n) is 4.50. The summed E-state index contributed by atoms with van der Waals surface area (Å²) in [6, 6.07) is 4.84. The van der Waals surface area contributed by atoms with Gasteiger partial charge in [0.05, 0.1) is 28.5 Å². The third kappa shape index (κ3) is 4.40. The molecule has 0 bridgehead atoms. The number of anilines is 1. The quantitative estimate of drug-likeness (QED) is 0.420. The van der Waals surface area contributed by atoms with Crippen LogP contribution in [0.5, 0.6) is 5.75 Å². The van der Waals surface area contributed by atoms with Crippen LogP contribution in [0.3, 0.4) is 0 Å². The van der Waals surface area contributed by atoms with Crippen LogP contribution in [-0.2, 0) is 9.84 Å². The summed E-state index contributed by atoms with van der Waals surface area (Å²) in [6.07, 6.45) is 5.28. The van der Waals surface area contributed by atoms with Crippen LogP contribution >= 0.6 is 22.9 Å². The summed E-state index contributed by atoms with van der Waals surface area (Å²) in [5.74, 6) is -0.00331. The van der Waals surface area contributed by atoms with Crippen LogP contribution in [-0.4, -0.2) is 47.6 Å². The summed E-state index contributed by atoms with van der Waals surface area (Å²) in [7, 11) is -1.91. The molecule has 0 saturated carbocycles. The monoisotopic (exact) mass is 489 g/mol. The Hall–Kier alpha value is -3.15. The fourth-order valence-corrected chi connectivity index (χ4v) is 4.64. The summed E-state index contributed by atoms with van der Waals surface area (Å²) in [4.78, 5) is 29.8. The van der Waals surface area contributed by atoms with Gasteiger partial charge in [-0.25, -0.2) is 18.4 Å². The van der Waals surface area contributed by atoms with Crippen LogP contribution < -0.4 is 10.1 Å². The molecule has 0 aliphatic heterocycles. The molecule has 4 rings (SSSR count). The lowest BCUT2D eigenvalue weighted by Crippen LogP contribution is -2.14. The standard InChI is InChI=1S/C20H16ClN5O4S2/c1-10-4-12(13-6-17(21)23-9-15(13)30-2)14(8-22-10)19(27)26-20-25-18-16(31-20)5-11(7-24-18)32(3,28)29/h4-9H,1-3H3,(H,24,25,26,27). The van der Waals surface area contributed by atoms with Gasteiger partial charge >= 0.3 is 0 Å². The number of nitrogens with one attached hydrogen (secondary N) is 1. The Morgan fingerprint density at radius 1 is 1.09 bits per heavy atom. The van der Waals surface area contributed by atoms with E-state index >= 15 is 0 Å². The van der Waals surface area contributed by atoms with Gasteiger partial charge in [-0.05, 0) is 25.1 Å². The molecular weight excluding hydrogens is 474 g/mol. The molecule has 4 aromatic heterocycles. The zero-order valence-electron chi connectivity index (χ0n) is 17.1. The molecule has 0 unspecified atom stereocenters. The Morgan fingerprint density at radius 3 is 2.59 bits per heavy atom. The van der Waals surface area contributed by atoms with E-state index in [4.69, 9.17) is 16.3 Å². The molecule has 4 heterocycles. The van der Waals surface area contributed by atoms with Gasteiger partial charge in [0, 0.05) is 35.5 Å². The van der Waals surface area contributed by atoms with Crippen molar-refractivity contribution in [1.82, 2.24) is 19.9 Å². The van der Waals surface area contributed by atoms with Gasteiger partial charge in [0.1, 0.15) is 10.9 Å². The maximum absolute atomic E-state index is 13.1. The molecule has 0 radical (unpaired) electrons. The maximum Gasteiger partial charge on any atom is 0.259 e. The van der Waals surface area contributed by atoms with Gasteiger partial charge < -0.3 is 4.74 Å². The molecule has 164 valence electrons. The Balaban J connectivity index is 1.73.